The number of aliphatic imine (C=N–C) groups is 1. The molecule has 230 valence electrons. The molecule has 0 saturated carbocycles. The molecule has 49 heavy (non-hydrogen) atoms. The van der Waals surface area contributed by atoms with Crippen molar-refractivity contribution in [1.82, 2.24) is 19.9 Å². The van der Waals surface area contributed by atoms with E-state index in [9.17, 15) is 0 Å². The number of hydrogen-bond donors (Lipinski definition) is 0. The van der Waals surface area contributed by atoms with Crippen molar-refractivity contribution in [2.75, 3.05) is 0 Å². The van der Waals surface area contributed by atoms with Crippen LogP contribution in [0, 0.1) is 0 Å². The van der Waals surface area contributed by atoms with E-state index in [1.807, 2.05) is 79.1 Å². The highest BCUT2D eigenvalue weighted by Crippen LogP contribution is 2.43. The molecule has 0 N–H and O–H groups in total. The van der Waals surface area contributed by atoms with Crippen LogP contribution < -0.4 is 0 Å². The first-order chi connectivity index (χ1) is 24.3. The van der Waals surface area contributed by atoms with Gasteiger partial charge in [-0.2, -0.15) is 0 Å². The van der Waals surface area contributed by atoms with Crippen LogP contribution in [0.3, 0.4) is 0 Å². The Hall–Kier alpha value is -6.59. The molecule has 5 nitrogen and oxygen atoms in total. The predicted octanol–water partition coefficient (Wildman–Crippen LogP) is 10.7. The zero-order valence-electron chi connectivity index (χ0n) is 26.5. The highest BCUT2D eigenvalue weighted by molar-refractivity contribution is 6.06. The van der Waals surface area contributed by atoms with Crippen molar-refractivity contribution in [3.05, 3.63) is 163 Å². The van der Waals surface area contributed by atoms with Gasteiger partial charge in [-0.3, -0.25) is 9.98 Å². The van der Waals surface area contributed by atoms with Gasteiger partial charge in [0.25, 0.3) is 0 Å². The Morgan fingerprint density at radius 3 is 1.90 bits per heavy atom. The lowest BCUT2D eigenvalue weighted by molar-refractivity contribution is 1.07. The Labute approximate surface area is 284 Å². The van der Waals surface area contributed by atoms with E-state index in [0.29, 0.717) is 17.5 Å². The SMILES string of the molecule is C1=Nc2ccc(-c3ncccc3-c3ccc4ccccc4c3-c3cccc(-c4nc(-c5ccccc5)nc(-c5ccccc5)n4)c3)cc2C1. The number of benzene rings is 6. The second-order valence-electron chi connectivity index (χ2n) is 12.1. The summed E-state index contributed by atoms with van der Waals surface area (Å²) in [4.78, 5) is 24.4. The first-order valence-corrected chi connectivity index (χ1v) is 16.4. The molecule has 0 spiro atoms. The van der Waals surface area contributed by atoms with Crippen LogP contribution in [0.15, 0.2) is 163 Å². The van der Waals surface area contributed by atoms with Crippen LogP contribution in [0.4, 0.5) is 5.69 Å². The van der Waals surface area contributed by atoms with E-state index in [-0.39, 0.29) is 0 Å². The van der Waals surface area contributed by atoms with Crippen molar-refractivity contribution in [3.8, 4) is 67.7 Å². The topological polar surface area (TPSA) is 63.9 Å². The van der Waals surface area contributed by atoms with Crippen molar-refractivity contribution >= 4 is 22.7 Å². The number of nitrogens with zero attached hydrogens (tertiary/aromatic N) is 5. The average molecular weight is 628 g/mol. The summed E-state index contributed by atoms with van der Waals surface area (Å²) in [6, 6.07) is 52.4. The Kier molecular flexibility index (Phi) is 7.13. The van der Waals surface area contributed by atoms with E-state index in [1.165, 1.54) is 16.3 Å². The van der Waals surface area contributed by atoms with Gasteiger partial charge in [0.1, 0.15) is 0 Å². The largest absolute Gasteiger partial charge is 0.261 e. The van der Waals surface area contributed by atoms with Crippen molar-refractivity contribution < 1.29 is 0 Å². The molecule has 0 bridgehead atoms. The van der Waals surface area contributed by atoms with Gasteiger partial charge in [0.15, 0.2) is 17.5 Å². The minimum absolute atomic E-state index is 0.624. The van der Waals surface area contributed by atoms with Gasteiger partial charge in [-0.25, -0.2) is 15.0 Å². The highest BCUT2D eigenvalue weighted by atomic mass is 15.0. The third-order valence-electron chi connectivity index (χ3n) is 9.03. The second kappa shape index (κ2) is 12.2. The number of aromatic nitrogens is 4. The fourth-order valence-corrected chi connectivity index (χ4v) is 6.68. The standard InChI is InChI=1S/C44H29N5/c1-3-12-30(13-4-1)42-47-43(31-14-5-2-6-15-31)49-44(48-42)35-17-9-16-33(28-35)40-36-18-8-7-11-29(36)20-22-37(40)38-19-10-25-46-41(38)34-21-23-39-32(27-34)24-26-45-39/h1-23,25-28H,24H2. The summed E-state index contributed by atoms with van der Waals surface area (Å²) in [6.45, 7) is 0. The van der Waals surface area contributed by atoms with Crippen molar-refractivity contribution in [2.24, 2.45) is 4.99 Å². The number of hydrogen-bond acceptors (Lipinski definition) is 5. The summed E-state index contributed by atoms with van der Waals surface area (Å²) in [5.74, 6) is 1.90. The molecule has 5 heteroatoms. The molecule has 0 unspecified atom stereocenters. The first-order valence-electron chi connectivity index (χ1n) is 16.4. The Morgan fingerprint density at radius 2 is 1.12 bits per heavy atom. The second-order valence-corrected chi connectivity index (χ2v) is 12.1. The maximum atomic E-state index is 5.02. The minimum atomic E-state index is 0.624. The minimum Gasteiger partial charge on any atom is -0.261 e. The van der Waals surface area contributed by atoms with Gasteiger partial charge in [0, 0.05) is 46.6 Å². The van der Waals surface area contributed by atoms with Crippen LogP contribution in [0.2, 0.25) is 0 Å². The lowest BCUT2D eigenvalue weighted by Gasteiger charge is -2.17. The van der Waals surface area contributed by atoms with E-state index >= 15 is 0 Å². The normalized spacial score (nSPS) is 11.9. The molecule has 0 aliphatic carbocycles. The zero-order valence-corrected chi connectivity index (χ0v) is 26.5. The van der Waals surface area contributed by atoms with Crippen molar-refractivity contribution in [1.29, 1.82) is 0 Å². The van der Waals surface area contributed by atoms with E-state index in [4.69, 9.17) is 19.9 Å². The van der Waals surface area contributed by atoms with Crippen LogP contribution >= 0.6 is 0 Å². The molecular formula is C44H29N5. The summed E-state index contributed by atoms with van der Waals surface area (Å²) in [7, 11) is 0. The monoisotopic (exact) mass is 627 g/mol. The van der Waals surface area contributed by atoms with E-state index in [1.54, 1.807) is 0 Å². The zero-order chi connectivity index (χ0) is 32.6. The molecule has 2 aromatic heterocycles. The molecule has 1 aliphatic rings. The van der Waals surface area contributed by atoms with E-state index < -0.39 is 0 Å². The van der Waals surface area contributed by atoms with Crippen LogP contribution in [-0.2, 0) is 6.42 Å². The Bertz CT molecular complexity index is 2470. The maximum absolute atomic E-state index is 5.02. The quantitative estimate of drug-likeness (QED) is 0.184. The number of pyridine rings is 1. The van der Waals surface area contributed by atoms with Gasteiger partial charge in [0.05, 0.1) is 11.4 Å². The molecular weight excluding hydrogens is 599 g/mol. The van der Waals surface area contributed by atoms with Gasteiger partial charge in [-0.15, -0.1) is 0 Å². The van der Waals surface area contributed by atoms with Gasteiger partial charge in [0.2, 0.25) is 0 Å². The lowest BCUT2D eigenvalue weighted by atomic mass is 9.87. The molecule has 0 saturated heterocycles. The third kappa shape index (κ3) is 5.37. The average Bonchev–Trinajstić information content (AvgIpc) is 3.66. The molecule has 9 rings (SSSR count). The lowest BCUT2D eigenvalue weighted by Crippen LogP contribution is -2.00. The maximum Gasteiger partial charge on any atom is 0.164 e. The molecule has 0 radical (unpaired) electrons. The number of rotatable bonds is 6. The van der Waals surface area contributed by atoms with Crippen LogP contribution in [-0.4, -0.2) is 26.2 Å². The third-order valence-corrected chi connectivity index (χ3v) is 9.03. The molecule has 8 aromatic rings. The molecule has 0 amide bonds. The highest BCUT2D eigenvalue weighted by Gasteiger charge is 2.19. The van der Waals surface area contributed by atoms with Crippen LogP contribution in [0.5, 0.6) is 0 Å². The molecule has 6 aromatic carbocycles. The summed E-state index contributed by atoms with van der Waals surface area (Å²) >= 11 is 0. The molecule has 0 fully saturated rings. The predicted molar refractivity (Wildman–Crippen MR) is 200 cm³/mol. The number of fused-ring (bicyclic) bond motifs is 2. The fraction of sp³-hybridized carbons (Fsp3) is 0.0227. The van der Waals surface area contributed by atoms with E-state index in [0.717, 1.165) is 62.3 Å². The molecule has 3 heterocycles. The first kappa shape index (κ1) is 28.6. The summed E-state index contributed by atoms with van der Waals surface area (Å²) in [6.07, 6.45) is 4.69. The summed E-state index contributed by atoms with van der Waals surface area (Å²) in [5, 5.41) is 2.34. The Morgan fingerprint density at radius 1 is 0.449 bits per heavy atom. The smallest absolute Gasteiger partial charge is 0.164 e. The fourth-order valence-electron chi connectivity index (χ4n) is 6.68. The van der Waals surface area contributed by atoms with Crippen LogP contribution in [0.1, 0.15) is 5.56 Å². The van der Waals surface area contributed by atoms with Gasteiger partial charge in [-0.05, 0) is 57.3 Å². The Balaban J connectivity index is 1.23. The van der Waals surface area contributed by atoms with Crippen molar-refractivity contribution in [2.45, 2.75) is 6.42 Å². The van der Waals surface area contributed by atoms with Gasteiger partial charge in [-0.1, -0.05) is 127 Å². The molecule has 0 atom stereocenters. The van der Waals surface area contributed by atoms with Crippen molar-refractivity contribution in [3.63, 3.8) is 0 Å². The van der Waals surface area contributed by atoms with Crippen LogP contribution in [0.25, 0.3) is 78.4 Å². The van der Waals surface area contributed by atoms with Gasteiger partial charge < -0.3 is 0 Å². The summed E-state index contributed by atoms with van der Waals surface area (Å²) < 4.78 is 0. The molecule has 1 aliphatic heterocycles. The van der Waals surface area contributed by atoms with E-state index in [2.05, 4.69) is 89.9 Å². The summed E-state index contributed by atoms with van der Waals surface area (Å²) in [5.41, 5.74) is 11.5. The van der Waals surface area contributed by atoms with Gasteiger partial charge >= 0.3 is 0 Å².